The van der Waals surface area contributed by atoms with Crippen molar-refractivity contribution in [3.63, 3.8) is 0 Å². The van der Waals surface area contributed by atoms with Crippen LogP contribution in [0.4, 0.5) is 0 Å². The van der Waals surface area contributed by atoms with E-state index in [1.165, 1.54) is 17.5 Å². The van der Waals surface area contributed by atoms with Crippen molar-refractivity contribution in [3.8, 4) is 11.5 Å². The smallest absolute Gasteiger partial charge is 0.115 e. The summed E-state index contributed by atoms with van der Waals surface area (Å²) in [6.45, 7) is 8.22. The molecule has 0 fully saturated rings. The van der Waals surface area contributed by atoms with E-state index in [1.54, 1.807) is 24.3 Å². The molecule has 0 amide bonds. The molecule has 0 aliphatic carbocycles. The van der Waals surface area contributed by atoms with Crippen LogP contribution in [0.3, 0.4) is 0 Å². The minimum Gasteiger partial charge on any atom is -0.508 e. The fourth-order valence-corrected chi connectivity index (χ4v) is 1.09. The molecule has 0 aliphatic rings. The van der Waals surface area contributed by atoms with Gasteiger partial charge in [0.1, 0.15) is 11.5 Å². The van der Waals surface area contributed by atoms with E-state index in [1.807, 2.05) is 38.1 Å². The summed E-state index contributed by atoms with van der Waals surface area (Å²) in [7, 11) is 0. The molecule has 2 heteroatoms. The Labute approximate surface area is 116 Å². The average molecular weight is 260 g/mol. The second-order valence-corrected chi connectivity index (χ2v) is 4.38. The highest BCUT2D eigenvalue weighted by Gasteiger charge is 1.82. The molecule has 0 saturated heterocycles. The van der Waals surface area contributed by atoms with Crippen molar-refractivity contribution in [3.05, 3.63) is 59.7 Å². The molecule has 2 rings (SSSR count). The molecule has 0 atom stereocenters. The van der Waals surface area contributed by atoms with Crippen LogP contribution < -0.4 is 0 Å². The molecule has 2 aromatic rings. The van der Waals surface area contributed by atoms with Gasteiger partial charge < -0.3 is 10.2 Å². The molecule has 0 spiro atoms. The zero-order chi connectivity index (χ0) is 14.7. The van der Waals surface area contributed by atoms with Gasteiger partial charge in [-0.05, 0) is 38.1 Å². The number of aromatic hydroxyl groups is 2. The Kier molecular flexibility index (Phi) is 8.98. The van der Waals surface area contributed by atoms with Gasteiger partial charge >= 0.3 is 0 Å². The van der Waals surface area contributed by atoms with E-state index in [0.29, 0.717) is 11.5 Å². The van der Waals surface area contributed by atoms with Gasteiger partial charge in [0.05, 0.1) is 0 Å². The zero-order valence-corrected chi connectivity index (χ0v) is 12.2. The van der Waals surface area contributed by atoms with Crippen LogP contribution in [-0.2, 0) is 0 Å². The molecule has 2 nitrogen and oxygen atoms in total. The molecule has 104 valence electrons. The van der Waals surface area contributed by atoms with Gasteiger partial charge in [-0.15, -0.1) is 0 Å². The molecular weight excluding hydrogens is 236 g/mol. The number of rotatable bonds is 0. The second-order valence-electron chi connectivity index (χ2n) is 4.38. The van der Waals surface area contributed by atoms with Crippen LogP contribution in [-0.4, -0.2) is 10.2 Å². The largest absolute Gasteiger partial charge is 0.508 e. The van der Waals surface area contributed by atoms with E-state index >= 15 is 0 Å². The normalized spacial score (nSPS) is 8.63. The first kappa shape index (κ1) is 17.0. The zero-order valence-electron chi connectivity index (χ0n) is 12.2. The summed E-state index contributed by atoms with van der Waals surface area (Å²) >= 11 is 0. The van der Waals surface area contributed by atoms with Crippen LogP contribution in [0.1, 0.15) is 31.4 Å². The number of aryl methyl sites for hydroxylation is 2. The Hall–Kier alpha value is -1.96. The SMILES string of the molecule is CCC.Cc1ccc(O)cc1.Cc1ccc(O)cc1. The lowest BCUT2D eigenvalue weighted by Gasteiger charge is -1.89. The molecule has 0 saturated carbocycles. The van der Waals surface area contributed by atoms with Crippen LogP contribution >= 0.6 is 0 Å². The van der Waals surface area contributed by atoms with Crippen molar-refractivity contribution in [2.75, 3.05) is 0 Å². The molecule has 0 aromatic heterocycles. The van der Waals surface area contributed by atoms with Crippen LogP contribution in [0.5, 0.6) is 11.5 Å². The number of benzene rings is 2. The topological polar surface area (TPSA) is 40.5 Å². The Morgan fingerprint density at radius 2 is 0.842 bits per heavy atom. The minimum absolute atomic E-state index is 0.329. The van der Waals surface area contributed by atoms with Crippen molar-refractivity contribution in [2.45, 2.75) is 34.1 Å². The maximum absolute atomic E-state index is 8.76. The van der Waals surface area contributed by atoms with E-state index in [9.17, 15) is 0 Å². The molecule has 0 heterocycles. The fourth-order valence-electron chi connectivity index (χ4n) is 1.09. The van der Waals surface area contributed by atoms with Gasteiger partial charge in [0, 0.05) is 0 Å². The molecule has 2 aromatic carbocycles. The highest BCUT2D eigenvalue weighted by Crippen LogP contribution is 2.08. The summed E-state index contributed by atoms with van der Waals surface area (Å²) in [5.74, 6) is 0.659. The number of hydrogen-bond acceptors (Lipinski definition) is 2. The third kappa shape index (κ3) is 9.72. The van der Waals surface area contributed by atoms with Gasteiger partial charge in [-0.3, -0.25) is 0 Å². The van der Waals surface area contributed by atoms with Gasteiger partial charge in [-0.1, -0.05) is 55.7 Å². The molecule has 2 N–H and O–H groups in total. The van der Waals surface area contributed by atoms with E-state index in [2.05, 4.69) is 13.8 Å². The van der Waals surface area contributed by atoms with Crippen molar-refractivity contribution < 1.29 is 10.2 Å². The van der Waals surface area contributed by atoms with Crippen molar-refractivity contribution in [1.82, 2.24) is 0 Å². The third-order valence-corrected chi connectivity index (χ3v) is 2.07. The van der Waals surface area contributed by atoms with Gasteiger partial charge in [0.25, 0.3) is 0 Å². The highest BCUT2D eigenvalue weighted by molar-refractivity contribution is 5.25. The Balaban J connectivity index is 0.000000284. The quantitative estimate of drug-likeness (QED) is 0.713. The first-order valence-corrected chi connectivity index (χ1v) is 6.50. The van der Waals surface area contributed by atoms with Gasteiger partial charge in [-0.2, -0.15) is 0 Å². The Bertz CT molecular complexity index is 344. The first-order valence-electron chi connectivity index (χ1n) is 6.50. The van der Waals surface area contributed by atoms with E-state index in [0.717, 1.165) is 0 Å². The molecular formula is C17H24O2. The number of hydrogen-bond donors (Lipinski definition) is 2. The second kappa shape index (κ2) is 10.0. The number of phenols is 2. The summed E-state index contributed by atoms with van der Waals surface area (Å²) in [4.78, 5) is 0. The summed E-state index contributed by atoms with van der Waals surface area (Å²) < 4.78 is 0. The first-order chi connectivity index (χ1) is 8.99. The summed E-state index contributed by atoms with van der Waals surface area (Å²) in [5, 5.41) is 17.5. The summed E-state index contributed by atoms with van der Waals surface area (Å²) in [5.41, 5.74) is 2.34. The maximum atomic E-state index is 8.76. The Morgan fingerprint density at radius 1 is 0.632 bits per heavy atom. The van der Waals surface area contributed by atoms with Crippen molar-refractivity contribution in [1.29, 1.82) is 0 Å². The van der Waals surface area contributed by atoms with Crippen molar-refractivity contribution in [2.24, 2.45) is 0 Å². The van der Waals surface area contributed by atoms with Crippen molar-refractivity contribution >= 4 is 0 Å². The minimum atomic E-state index is 0.329. The van der Waals surface area contributed by atoms with Crippen LogP contribution in [0.15, 0.2) is 48.5 Å². The lowest BCUT2D eigenvalue weighted by molar-refractivity contribution is 0.474. The van der Waals surface area contributed by atoms with Gasteiger partial charge in [0.2, 0.25) is 0 Å². The predicted molar refractivity (Wildman–Crippen MR) is 81.7 cm³/mol. The molecule has 19 heavy (non-hydrogen) atoms. The standard InChI is InChI=1S/2C7H8O.C3H8/c2*1-6-2-4-7(8)5-3-6;1-3-2/h2*2-5,8H,1H3;3H2,1-2H3. The summed E-state index contributed by atoms with van der Waals surface area (Å²) in [6.07, 6.45) is 1.25. The van der Waals surface area contributed by atoms with E-state index in [-0.39, 0.29) is 0 Å². The lowest BCUT2D eigenvalue weighted by Crippen LogP contribution is -1.66. The molecule has 0 unspecified atom stereocenters. The third-order valence-electron chi connectivity index (χ3n) is 2.07. The van der Waals surface area contributed by atoms with Gasteiger partial charge in [0.15, 0.2) is 0 Å². The maximum Gasteiger partial charge on any atom is 0.115 e. The number of phenolic OH excluding ortho intramolecular Hbond substituents is 2. The Morgan fingerprint density at radius 3 is 1.00 bits per heavy atom. The molecule has 0 radical (unpaired) electrons. The monoisotopic (exact) mass is 260 g/mol. The van der Waals surface area contributed by atoms with Crippen LogP contribution in [0.2, 0.25) is 0 Å². The van der Waals surface area contributed by atoms with Crippen LogP contribution in [0.25, 0.3) is 0 Å². The lowest BCUT2D eigenvalue weighted by atomic mass is 10.2. The van der Waals surface area contributed by atoms with E-state index in [4.69, 9.17) is 10.2 Å². The highest BCUT2D eigenvalue weighted by atomic mass is 16.3. The molecule has 0 aliphatic heterocycles. The van der Waals surface area contributed by atoms with Gasteiger partial charge in [-0.25, -0.2) is 0 Å². The fraction of sp³-hybridized carbons (Fsp3) is 0.294. The summed E-state index contributed by atoms with van der Waals surface area (Å²) in [6, 6.07) is 14.2. The van der Waals surface area contributed by atoms with E-state index < -0.39 is 0 Å². The average Bonchev–Trinajstić information content (AvgIpc) is 2.38. The van der Waals surface area contributed by atoms with Crippen LogP contribution in [0, 0.1) is 13.8 Å². The molecule has 0 bridgehead atoms. The predicted octanol–water partition coefficient (Wildman–Crippen LogP) is 4.82.